The van der Waals surface area contributed by atoms with Crippen molar-refractivity contribution in [1.82, 2.24) is 4.98 Å². The van der Waals surface area contributed by atoms with Crippen LogP contribution in [0.5, 0.6) is 0 Å². The van der Waals surface area contributed by atoms with Gasteiger partial charge < -0.3 is 19.1 Å². The van der Waals surface area contributed by atoms with Crippen LogP contribution in [0.25, 0.3) is 0 Å². The number of carbonyl (C=O) groups is 1. The van der Waals surface area contributed by atoms with Crippen LogP contribution in [-0.4, -0.2) is 17.6 Å². The molecule has 0 atom stereocenters. The second-order valence-corrected chi connectivity index (χ2v) is 4.57. The average Bonchev–Trinajstić information content (AvgIpc) is 2.16. The molecule has 1 rings (SSSR count). The minimum absolute atomic E-state index is 0.112. The van der Waals surface area contributed by atoms with Crippen LogP contribution in [0.4, 0.5) is 0 Å². The molecular formula is C9H10NO5P-2. The molecule has 1 heterocycles. The SMILES string of the molecule is CCOC(=O)c1ccc(CP(=O)([O-])[O-])nc1. The summed E-state index contributed by atoms with van der Waals surface area (Å²) in [6, 6.07) is 2.69. The largest absolute Gasteiger partial charge is 0.810 e. The molecule has 1 aromatic rings. The Morgan fingerprint density at radius 2 is 2.19 bits per heavy atom. The lowest BCUT2D eigenvalue weighted by Crippen LogP contribution is -2.16. The zero-order valence-corrected chi connectivity index (χ0v) is 9.48. The van der Waals surface area contributed by atoms with Gasteiger partial charge in [-0.3, -0.25) is 4.98 Å². The van der Waals surface area contributed by atoms with Crippen molar-refractivity contribution in [3.63, 3.8) is 0 Å². The van der Waals surface area contributed by atoms with Gasteiger partial charge in [-0.15, -0.1) is 0 Å². The number of ether oxygens (including phenoxy) is 1. The van der Waals surface area contributed by atoms with Crippen molar-refractivity contribution < 1.29 is 23.9 Å². The summed E-state index contributed by atoms with van der Waals surface area (Å²) in [6.07, 6.45) is 0.527. The normalized spacial score (nSPS) is 11.2. The summed E-state index contributed by atoms with van der Waals surface area (Å²) in [4.78, 5) is 35.8. The minimum atomic E-state index is -4.62. The smallest absolute Gasteiger partial charge is 0.339 e. The van der Waals surface area contributed by atoms with E-state index < -0.39 is 19.7 Å². The van der Waals surface area contributed by atoms with Crippen molar-refractivity contribution >= 4 is 13.6 Å². The molecule has 0 N–H and O–H groups in total. The highest BCUT2D eigenvalue weighted by atomic mass is 31.2. The van der Waals surface area contributed by atoms with E-state index in [1.165, 1.54) is 18.3 Å². The van der Waals surface area contributed by atoms with E-state index >= 15 is 0 Å². The molecular weight excluding hydrogens is 233 g/mol. The molecule has 0 saturated heterocycles. The molecule has 0 fully saturated rings. The second kappa shape index (κ2) is 5.21. The molecule has 0 bridgehead atoms. The molecule has 0 saturated carbocycles. The molecule has 7 heteroatoms. The van der Waals surface area contributed by atoms with E-state index in [1.54, 1.807) is 6.92 Å². The summed E-state index contributed by atoms with van der Waals surface area (Å²) < 4.78 is 15.2. The maximum absolute atomic E-state index is 11.2. The lowest BCUT2D eigenvalue weighted by Gasteiger charge is -2.28. The van der Waals surface area contributed by atoms with Crippen LogP contribution in [0.2, 0.25) is 0 Å². The Kier molecular flexibility index (Phi) is 4.18. The van der Waals surface area contributed by atoms with Crippen LogP contribution in [0.1, 0.15) is 23.0 Å². The highest BCUT2D eigenvalue weighted by Gasteiger charge is 2.06. The maximum atomic E-state index is 11.2. The Bertz CT molecular complexity index is 410. The molecule has 16 heavy (non-hydrogen) atoms. The van der Waals surface area contributed by atoms with E-state index in [-0.39, 0.29) is 17.9 Å². The fraction of sp³-hybridized carbons (Fsp3) is 0.333. The van der Waals surface area contributed by atoms with Crippen molar-refractivity contribution in [2.75, 3.05) is 6.61 Å². The molecule has 6 nitrogen and oxygen atoms in total. The number of nitrogens with zero attached hydrogens (tertiary/aromatic N) is 1. The van der Waals surface area contributed by atoms with Crippen molar-refractivity contribution in [2.45, 2.75) is 13.1 Å². The van der Waals surface area contributed by atoms with E-state index in [1.807, 2.05) is 0 Å². The van der Waals surface area contributed by atoms with Crippen LogP contribution < -0.4 is 9.79 Å². The molecule has 1 aromatic heterocycles. The number of hydrogen-bond donors (Lipinski definition) is 0. The van der Waals surface area contributed by atoms with E-state index in [9.17, 15) is 19.1 Å². The summed E-state index contributed by atoms with van der Waals surface area (Å²) in [5.74, 6) is -0.533. The van der Waals surface area contributed by atoms with Gasteiger partial charge in [0.05, 0.1) is 12.2 Å². The molecule has 0 amide bonds. The predicted molar refractivity (Wildman–Crippen MR) is 51.5 cm³/mol. The van der Waals surface area contributed by atoms with E-state index in [0.717, 1.165) is 0 Å². The van der Waals surface area contributed by atoms with Crippen molar-refractivity contribution in [3.05, 3.63) is 29.6 Å². The fourth-order valence-electron chi connectivity index (χ4n) is 1.05. The Hall–Kier alpha value is -1.23. The lowest BCUT2D eigenvalue weighted by molar-refractivity contribution is -0.314. The Labute approximate surface area is 92.4 Å². The fourth-order valence-corrected chi connectivity index (χ4v) is 1.64. The summed E-state index contributed by atoms with van der Waals surface area (Å²) in [5, 5.41) is 0. The highest BCUT2D eigenvalue weighted by Crippen LogP contribution is 2.28. The molecule has 0 aliphatic heterocycles. The first-order valence-corrected chi connectivity index (χ1v) is 6.28. The van der Waals surface area contributed by atoms with Gasteiger partial charge in [-0.05, 0) is 19.1 Å². The van der Waals surface area contributed by atoms with Crippen molar-refractivity contribution in [3.8, 4) is 0 Å². The van der Waals surface area contributed by atoms with Gasteiger partial charge in [0, 0.05) is 18.1 Å². The van der Waals surface area contributed by atoms with E-state index in [2.05, 4.69) is 4.98 Å². The number of rotatable bonds is 4. The van der Waals surface area contributed by atoms with Gasteiger partial charge in [-0.2, -0.15) is 0 Å². The number of carbonyl (C=O) groups excluding carboxylic acids is 1. The third kappa shape index (κ3) is 4.10. The molecule has 0 aliphatic rings. The summed E-state index contributed by atoms with van der Waals surface area (Å²) in [5.41, 5.74) is 0.332. The Morgan fingerprint density at radius 1 is 1.50 bits per heavy atom. The molecule has 0 unspecified atom stereocenters. The lowest BCUT2D eigenvalue weighted by atomic mass is 10.2. The minimum Gasteiger partial charge on any atom is -0.810 e. The summed E-state index contributed by atoms with van der Waals surface area (Å²) in [7, 11) is -4.62. The van der Waals surface area contributed by atoms with Gasteiger partial charge in [-0.1, -0.05) is 7.60 Å². The average molecular weight is 243 g/mol. The topological polar surface area (TPSA) is 102 Å². The van der Waals surface area contributed by atoms with Gasteiger partial charge in [0.2, 0.25) is 0 Å². The molecule has 0 aromatic carbocycles. The maximum Gasteiger partial charge on any atom is 0.339 e. The van der Waals surface area contributed by atoms with Crippen molar-refractivity contribution in [2.24, 2.45) is 0 Å². The predicted octanol–water partition coefficient (Wildman–Crippen LogP) is -0.328. The zero-order valence-electron chi connectivity index (χ0n) is 8.58. The van der Waals surface area contributed by atoms with Crippen LogP contribution in [0.15, 0.2) is 18.3 Å². The van der Waals surface area contributed by atoms with Gasteiger partial charge in [0.1, 0.15) is 0 Å². The number of esters is 1. The highest BCUT2D eigenvalue weighted by molar-refractivity contribution is 7.47. The van der Waals surface area contributed by atoms with E-state index in [4.69, 9.17) is 4.74 Å². The number of aromatic nitrogens is 1. The first-order chi connectivity index (χ1) is 7.42. The Morgan fingerprint density at radius 3 is 2.62 bits per heavy atom. The molecule has 0 spiro atoms. The third-order valence-electron chi connectivity index (χ3n) is 1.69. The van der Waals surface area contributed by atoms with Crippen LogP contribution in [0.3, 0.4) is 0 Å². The molecule has 0 radical (unpaired) electrons. The van der Waals surface area contributed by atoms with Gasteiger partial charge >= 0.3 is 5.97 Å². The van der Waals surface area contributed by atoms with Crippen LogP contribution in [-0.2, 0) is 15.5 Å². The van der Waals surface area contributed by atoms with Crippen LogP contribution >= 0.6 is 7.60 Å². The van der Waals surface area contributed by atoms with Gasteiger partial charge in [-0.25, -0.2) is 4.79 Å². The van der Waals surface area contributed by atoms with Crippen LogP contribution in [0, 0.1) is 0 Å². The number of pyridine rings is 1. The molecule has 88 valence electrons. The monoisotopic (exact) mass is 243 g/mol. The second-order valence-electron chi connectivity index (χ2n) is 3.03. The summed E-state index contributed by atoms with van der Waals surface area (Å²) >= 11 is 0. The summed E-state index contributed by atoms with van der Waals surface area (Å²) in [6.45, 7) is 1.92. The first kappa shape index (κ1) is 12.8. The first-order valence-electron chi connectivity index (χ1n) is 4.55. The van der Waals surface area contributed by atoms with E-state index in [0.29, 0.717) is 0 Å². The molecule has 0 aliphatic carbocycles. The standard InChI is InChI=1S/C9H12NO5P/c1-2-15-9(11)7-3-4-8(10-5-7)6-16(12,13)14/h3-5H,2,6H2,1H3,(H2,12,13,14)/p-2. The van der Waals surface area contributed by atoms with Gasteiger partial charge in [0.15, 0.2) is 0 Å². The zero-order chi connectivity index (χ0) is 12.2. The third-order valence-corrected chi connectivity index (χ3v) is 2.40. The number of hydrogen-bond acceptors (Lipinski definition) is 6. The quantitative estimate of drug-likeness (QED) is 0.530. The van der Waals surface area contributed by atoms with Gasteiger partial charge in [0.25, 0.3) is 0 Å². The van der Waals surface area contributed by atoms with Crippen molar-refractivity contribution in [1.29, 1.82) is 0 Å². The Balaban J connectivity index is 2.75.